The van der Waals surface area contributed by atoms with Crippen molar-refractivity contribution in [2.75, 3.05) is 7.11 Å². The summed E-state index contributed by atoms with van der Waals surface area (Å²) in [6, 6.07) is -0.921. The second-order valence-corrected chi connectivity index (χ2v) is 6.13. The van der Waals surface area contributed by atoms with Crippen LogP contribution in [0, 0.1) is 17.8 Å². The first-order valence-corrected chi connectivity index (χ1v) is 7.71. The van der Waals surface area contributed by atoms with Gasteiger partial charge in [-0.15, -0.1) is 0 Å². The van der Waals surface area contributed by atoms with Crippen LogP contribution < -0.4 is 5.32 Å². The lowest BCUT2D eigenvalue weighted by atomic mass is 9.92. The summed E-state index contributed by atoms with van der Waals surface area (Å²) in [5.41, 5.74) is 0.497. The minimum Gasteiger partial charge on any atom is -0.480 e. The normalized spacial score (nSPS) is 29.7. The monoisotopic (exact) mass is 309 g/mol. The molecule has 6 nitrogen and oxygen atoms in total. The van der Waals surface area contributed by atoms with E-state index in [1.807, 2.05) is 6.92 Å². The number of carbonyl (C=O) groups excluding carboxylic acids is 2. The van der Waals surface area contributed by atoms with Crippen molar-refractivity contribution in [3.05, 3.63) is 11.6 Å². The van der Waals surface area contributed by atoms with Crippen molar-refractivity contribution in [3.8, 4) is 0 Å². The summed E-state index contributed by atoms with van der Waals surface area (Å²) in [6.45, 7) is 3.68. The SMILES string of the molecule is CC[C@@H](C)[C@@H](NC(=O)C1=C[C@H](OC)[C@@H]2C(=O)CC[C@H]12)C(=O)O. The van der Waals surface area contributed by atoms with E-state index < -0.39 is 17.9 Å². The molecule has 0 unspecified atom stereocenters. The molecule has 0 heterocycles. The van der Waals surface area contributed by atoms with Gasteiger partial charge in [0.2, 0.25) is 5.91 Å². The van der Waals surface area contributed by atoms with Crippen LogP contribution in [0.3, 0.4) is 0 Å². The highest BCUT2D eigenvalue weighted by Gasteiger charge is 2.48. The fourth-order valence-corrected chi connectivity index (χ4v) is 3.40. The molecule has 2 aliphatic carbocycles. The molecule has 6 heteroatoms. The molecule has 122 valence electrons. The maximum Gasteiger partial charge on any atom is 0.326 e. The number of hydrogen-bond acceptors (Lipinski definition) is 4. The average molecular weight is 309 g/mol. The number of fused-ring (bicyclic) bond motifs is 1. The summed E-state index contributed by atoms with van der Waals surface area (Å²) in [5.74, 6) is -1.92. The van der Waals surface area contributed by atoms with E-state index in [9.17, 15) is 19.5 Å². The van der Waals surface area contributed by atoms with Crippen molar-refractivity contribution >= 4 is 17.7 Å². The van der Waals surface area contributed by atoms with Crippen molar-refractivity contribution in [1.29, 1.82) is 0 Å². The number of rotatable bonds is 6. The second-order valence-electron chi connectivity index (χ2n) is 6.13. The zero-order chi connectivity index (χ0) is 16.4. The number of aliphatic carboxylic acids is 1. The van der Waals surface area contributed by atoms with Gasteiger partial charge < -0.3 is 15.2 Å². The molecule has 1 amide bonds. The number of amides is 1. The van der Waals surface area contributed by atoms with E-state index in [-0.39, 0.29) is 29.6 Å². The zero-order valence-corrected chi connectivity index (χ0v) is 13.2. The number of carbonyl (C=O) groups is 3. The minimum atomic E-state index is -1.04. The van der Waals surface area contributed by atoms with Crippen LogP contribution in [0.4, 0.5) is 0 Å². The van der Waals surface area contributed by atoms with Gasteiger partial charge >= 0.3 is 5.97 Å². The first kappa shape index (κ1) is 16.7. The minimum absolute atomic E-state index is 0.118. The van der Waals surface area contributed by atoms with Crippen molar-refractivity contribution in [3.63, 3.8) is 0 Å². The van der Waals surface area contributed by atoms with E-state index in [0.717, 1.165) is 0 Å². The molecule has 1 fully saturated rings. The van der Waals surface area contributed by atoms with E-state index in [0.29, 0.717) is 24.8 Å². The highest BCUT2D eigenvalue weighted by atomic mass is 16.5. The Balaban J connectivity index is 2.15. The Bertz CT molecular complexity index is 513. The number of carboxylic acid groups (broad SMARTS) is 1. The lowest BCUT2D eigenvalue weighted by Gasteiger charge is -2.22. The molecule has 0 aromatic rings. The van der Waals surface area contributed by atoms with E-state index in [1.54, 1.807) is 13.0 Å². The van der Waals surface area contributed by atoms with Crippen LogP contribution in [0.2, 0.25) is 0 Å². The summed E-state index contributed by atoms with van der Waals surface area (Å²) >= 11 is 0. The van der Waals surface area contributed by atoms with E-state index in [2.05, 4.69) is 5.32 Å². The fraction of sp³-hybridized carbons (Fsp3) is 0.688. The third kappa shape index (κ3) is 2.92. The second kappa shape index (κ2) is 6.60. The van der Waals surface area contributed by atoms with Gasteiger partial charge in [-0.3, -0.25) is 9.59 Å². The van der Waals surface area contributed by atoms with E-state index in [1.165, 1.54) is 7.11 Å². The first-order chi connectivity index (χ1) is 10.4. The van der Waals surface area contributed by atoms with Gasteiger partial charge in [0.15, 0.2) is 0 Å². The Morgan fingerprint density at radius 2 is 2.18 bits per heavy atom. The molecule has 0 aromatic heterocycles. The largest absolute Gasteiger partial charge is 0.480 e. The number of methoxy groups -OCH3 is 1. The maximum atomic E-state index is 12.5. The summed E-state index contributed by atoms with van der Waals surface area (Å²) in [4.78, 5) is 35.8. The summed E-state index contributed by atoms with van der Waals surface area (Å²) < 4.78 is 5.30. The highest BCUT2D eigenvalue weighted by molar-refractivity contribution is 5.99. The molecule has 2 aliphatic rings. The van der Waals surface area contributed by atoms with E-state index in [4.69, 9.17) is 4.74 Å². The molecule has 0 spiro atoms. The molecule has 0 aromatic carbocycles. The van der Waals surface area contributed by atoms with Crippen molar-refractivity contribution < 1.29 is 24.2 Å². The van der Waals surface area contributed by atoms with Gasteiger partial charge in [0.1, 0.15) is 11.8 Å². The molecule has 0 bridgehead atoms. The van der Waals surface area contributed by atoms with Crippen LogP contribution in [-0.2, 0) is 19.1 Å². The van der Waals surface area contributed by atoms with Crippen LogP contribution in [0.1, 0.15) is 33.1 Å². The predicted molar refractivity (Wildman–Crippen MR) is 79.1 cm³/mol. The maximum absolute atomic E-state index is 12.5. The number of ether oxygens (including phenoxy) is 1. The summed E-state index contributed by atoms with van der Waals surface area (Å²) in [7, 11) is 1.52. The lowest BCUT2D eigenvalue weighted by molar-refractivity contribution is -0.142. The number of nitrogens with one attached hydrogen (secondary N) is 1. The van der Waals surface area contributed by atoms with Crippen LogP contribution in [0.5, 0.6) is 0 Å². The molecule has 22 heavy (non-hydrogen) atoms. The van der Waals surface area contributed by atoms with Crippen LogP contribution in [0.25, 0.3) is 0 Å². The average Bonchev–Trinajstić information content (AvgIpc) is 3.04. The fourth-order valence-electron chi connectivity index (χ4n) is 3.40. The summed E-state index contributed by atoms with van der Waals surface area (Å²) in [5, 5.41) is 11.9. The number of hydrogen-bond donors (Lipinski definition) is 2. The van der Waals surface area contributed by atoms with Gasteiger partial charge in [0.25, 0.3) is 0 Å². The highest BCUT2D eigenvalue weighted by Crippen LogP contribution is 2.43. The van der Waals surface area contributed by atoms with Crippen molar-refractivity contribution in [2.24, 2.45) is 17.8 Å². The Morgan fingerprint density at radius 1 is 1.50 bits per heavy atom. The van der Waals surface area contributed by atoms with Gasteiger partial charge in [-0.25, -0.2) is 4.79 Å². The van der Waals surface area contributed by atoms with Crippen molar-refractivity contribution in [2.45, 2.75) is 45.3 Å². The van der Waals surface area contributed by atoms with Gasteiger partial charge in [-0.1, -0.05) is 20.3 Å². The molecular formula is C16H23NO5. The van der Waals surface area contributed by atoms with Gasteiger partial charge in [0.05, 0.1) is 12.0 Å². The van der Waals surface area contributed by atoms with Gasteiger partial charge in [-0.05, 0) is 18.4 Å². The Morgan fingerprint density at radius 3 is 2.73 bits per heavy atom. The number of Topliss-reactive ketones (excluding diaryl/α,β-unsaturated/α-hetero) is 1. The summed E-state index contributed by atoms with van der Waals surface area (Å²) in [6.07, 6.45) is 3.03. The van der Waals surface area contributed by atoms with Crippen LogP contribution >= 0.6 is 0 Å². The Labute approximate surface area is 129 Å². The smallest absolute Gasteiger partial charge is 0.326 e. The molecule has 2 N–H and O–H groups in total. The lowest BCUT2D eigenvalue weighted by Crippen LogP contribution is -2.46. The number of carboxylic acids is 1. The molecule has 0 radical (unpaired) electrons. The van der Waals surface area contributed by atoms with Crippen molar-refractivity contribution in [1.82, 2.24) is 5.32 Å². The van der Waals surface area contributed by atoms with E-state index >= 15 is 0 Å². The van der Waals surface area contributed by atoms with Crippen LogP contribution in [-0.4, -0.2) is 42.0 Å². The third-order valence-electron chi connectivity index (χ3n) is 4.90. The third-order valence-corrected chi connectivity index (χ3v) is 4.90. The molecular weight excluding hydrogens is 286 g/mol. The van der Waals surface area contributed by atoms with Gasteiger partial charge in [-0.2, -0.15) is 0 Å². The number of ketones is 1. The molecule has 0 saturated heterocycles. The molecule has 2 rings (SSSR count). The predicted octanol–water partition coefficient (Wildman–Crippen LogP) is 1.15. The molecule has 5 atom stereocenters. The first-order valence-electron chi connectivity index (χ1n) is 7.71. The Kier molecular flexibility index (Phi) is 5.01. The van der Waals surface area contributed by atoms with Crippen LogP contribution in [0.15, 0.2) is 11.6 Å². The molecule has 0 aliphatic heterocycles. The standard InChI is InChI=1S/C16H23NO5/c1-4-8(2)14(16(20)21)17-15(19)10-7-12(22-3)13-9(10)5-6-11(13)18/h7-9,12-14H,4-6H2,1-3H3,(H,17,19)(H,20,21)/t8-,9-,12+,13+,14-/m1/s1. The quantitative estimate of drug-likeness (QED) is 0.768. The Hall–Kier alpha value is -1.69. The molecule has 1 saturated carbocycles. The van der Waals surface area contributed by atoms with Gasteiger partial charge in [0, 0.05) is 25.0 Å². The zero-order valence-electron chi connectivity index (χ0n) is 13.2. The topological polar surface area (TPSA) is 92.7 Å².